The molecule has 2 aliphatic carbocycles. The molecule has 0 aliphatic heterocycles. The number of nitrogens with one attached hydrogen (secondary N) is 1. The number of ketones is 1. The van der Waals surface area contributed by atoms with Gasteiger partial charge in [-0.2, -0.15) is 0 Å². The molecular weight excluding hydrogens is 286 g/mol. The molecule has 2 aliphatic rings. The quantitative estimate of drug-likeness (QED) is 0.938. The van der Waals surface area contributed by atoms with Crippen LogP contribution in [-0.2, 0) is 12.8 Å². The van der Waals surface area contributed by atoms with Crippen molar-refractivity contribution in [3.8, 4) is 0 Å². The second-order valence-corrected chi connectivity index (χ2v) is 6.23. The highest BCUT2D eigenvalue weighted by Gasteiger charge is 2.24. The van der Waals surface area contributed by atoms with Crippen molar-refractivity contribution in [1.82, 2.24) is 9.97 Å². The number of nitrogens with zero attached hydrogens (tertiary/aromatic N) is 2. The summed E-state index contributed by atoms with van der Waals surface area (Å²) < 4.78 is 0. The average Bonchev–Trinajstić information content (AvgIpc) is 2.97. The number of hydrogen-bond acceptors (Lipinski definition) is 4. The highest BCUT2D eigenvalue weighted by atomic mass is 16.1. The van der Waals surface area contributed by atoms with Crippen LogP contribution < -0.4 is 5.32 Å². The van der Waals surface area contributed by atoms with Crippen LogP contribution in [0.2, 0.25) is 0 Å². The lowest BCUT2D eigenvalue weighted by Gasteiger charge is -2.17. The Bertz CT molecular complexity index is 797. The number of anilines is 1. The Morgan fingerprint density at radius 2 is 2.17 bits per heavy atom. The predicted molar refractivity (Wildman–Crippen MR) is 90.5 cm³/mol. The smallest absolute Gasteiger partial charge is 0.223 e. The van der Waals surface area contributed by atoms with E-state index in [9.17, 15) is 4.79 Å². The van der Waals surface area contributed by atoms with E-state index in [1.807, 2.05) is 6.08 Å². The standard InChI is InChI=1S/C19H19N3O/c1-2-12-6-7-13-8-9-17(14(13)10-12)22-19-20-11-15-16(21-19)4-3-5-18(15)23/h2,6-7,10-11,17H,1,3-5,8-9H2,(H,20,21,22)/t17-/m0/s1. The molecule has 1 heterocycles. The van der Waals surface area contributed by atoms with Crippen molar-refractivity contribution in [1.29, 1.82) is 0 Å². The van der Waals surface area contributed by atoms with E-state index >= 15 is 0 Å². The van der Waals surface area contributed by atoms with Crippen LogP contribution >= 0.6 is 0 Å². The summed E-state index contributed by atoms with van der Waals surface area (Å²) in [6, 6.07) is 6.70. The molecule has 23 heavy (non-hydrogen) atoms. The Morgan fingerprint density at radius 3 is 3.04 bits per heavy atom. The Balaban J connectivity index is 1.61. The average molecular weight is 305 g/mol. The number of Topliss-reactive ketones (excluding diaryl/α,β-unsaturated/α-hetero) is 1. The number of rotatable bonds is 3. The number of carbonyl (C=O) groups excluding carboxylic acids is 1. The summed E-state index contributed by atoms with van der Waals surface area (Å²) >= 11 is 0. The van der Waals surface area contributed by atoms with Crippen molar-refractivity contribution in [3.63, 3.8) is 0 Å². The van der Waals surface area contributed by atoms with Gasteiger partial charge >= 0.3 is 0 Å². The lowest BCUT2D eigenvalue weighted by atomic mass is 9.96. The Labute approximate surface area is 135 Å². The molecule has 2 aromatic rings. The first-order valence-electron chi connectivity index (χ1n) is 8.15. The number of fused-ring (bicyclic) bond motifs is 2. The second-order valence-electron chi connectivity index (χ2n) is 6.23. The van der Waals surface area contributed by atoms with Crippen LogP contribution in [0.1, 0.15) is 58.0 Å². The van der Waals surface area contributed by atoms with Crippen LogP contribution in [0.25, 0.3) is 6.08 Å². The van der Waals surface area contributed by atoms with Gasteiger partial charge in [-0.1, -0.05) is 24.8 Å². The highest BCUT2D eigenvalue weighted by Crippen LogP contribution is 2.34. The van der Waals surface area contributed by atoms with E-state index < -0.39 is 0 Å². The van der Waals surface area contributed by atoms with Crippen LogP contribution in [0, 0.1) is 0 Å². The predicted octanol–water partition coefficient (Wildman–Crippen LogP) is 3.74. The first-order valence-corrected chi connectivity index (χ1v) is 8.15. The Morgan fingerprint density at radius 1 is 1.26 bits per heavy atom. The fourth-order valence-corrected chi connectivity index (χ4v) is 3.51. The van der Waals surface area contributed by atoms with Crippen LogP contribution in [0.15, 0.2) is 31.0 Å². The maximum absolute atomic E-state index is 11.9. The van der Waals surface area contributed by atoms with Gasteiger partial charge in [-0.25, -0.2) is 9.97 Å². The van der Waals surface area contributed by atoms with Crippen molar-refractivity contribution in [2.45, 2.75) is 38.1 Å². The van der Waals surface area contributed by atoms with Gasteiger partial charge in [0.15, 0.2) is 5.78 Å². The zero-order valence-electron chi connectivity index (χ0n) is 13.0. The third-order valence-corrected chi connectivity index (χ3v) is 4.77. The molecular formula is C19H19N3O. The number of aromatic nitrogens is 2. The number of hydrogen-bond donors (Lipinski definition) is 1. The van der Waals surface area contributed by atoms with Crippen LogP contribution in [0.3, 0.4) is 0 Å². The summed E-state index contributed by atoms with van der Waals surface area (Å²) in [4.78, 5) is 20.8. The molecule has 116 valence electrons. The normalized spacial score (nSPS) is 19.1. The first-order chi connectivity index (χ1) is 11.2. The minimum absolute atomic E-state index is 0.166. The van der Waals surface area contributed by atoms with E-state index in [1.165, 1.54) is 11.1 Å². The van der Waals surface area contributed by atoms with E-state index in [4.69, 9.17) is 0 Å². The fourth-order valence-electron chi connectivity index (χ4n) is 3.51. The number of benzene rings is 1. The summed E-state index contributed by atoms with van der Waals surface area (Å²) in [5.74, 6) is 0.792. The molecule has 1 aromatic heterocycles. The van der Waals surface area contributed by atoms with Gasteiger partial charge in [0.25, 0.3) is 0 Å². The summed E-state index contributed by atoms with van der Waals surface area (Å²) in [6.45, 7) is 3.84. The van der Waals surface area contributed by atoms with Gasteiger partial charge in [0, 0.05) is 12.6 Å². The number of aryl methyl sites for hydroxylation is 2. The molecule has 0 unspecified atom stereocenters. The summed E-state index contributed by atoms with van der Waals surface area (Å²) in [5.41, 5.74) is 5.40. The SMILES string of the molecule is C=Cc1ccc2c(c1)[C@@H](Nc1ncc3c(n1)CCCC3=O)CC2. The molecule has 0 bridgehead atoms. The Hall–Kier alpha value is -2.49. The van der Waals surface area contributed by atoms with Crippen molar-refractivity contribution in [2.24, 2.45) is 0 Å². The first kappa shape index (κ1) is 14.1. The van der Waals surface area contributed by atoms with E-state index in [0.717, 1.165) is 36.9 Å². The highest BCUT2D eigenvalue weighted by molar-refractivity contribution is 5.97. The molecule has 4 heteroatoms. The van der Waals surface area contributed by atoms with Gasteiger partial charge in [0.1, 0.15) is 0 Å². The zero-order valence-corrected chi connectivity index (χ0v) is 13.0. The van der Waals surface area contributed by atoms with E-state index in [-0.39, 0.29) is 11.8 Å². The molecule has 0 amide bonds. The van der Waals surface area contributed by atoms with E-state index in [0.29, 0.717) is 17.9 Å². The molecule has 1 N–H and O–H groups in total. The molecule has 1 atom stereocenters. The van der Waals surface area contributed by atoms with Crippen molar-refractivity contribution < 1.29 is 4.79 Å². The monoisotopic (exact) mass is 305 g/mol. The van der Waals surface area contributed by atoms with Gasteiger partial charge < -0.3 is 5.32 Å². The van der Waals surface area contributed by atoms with Crippen molar-refractivity contribution >= 4 is 17.8 Å². The van der Waals surface area contributed by atoms with Crippen molar-refractivity contribution in [2.75, 3.05) is 5.32 Å². The molecule has 1 aromatic carbocycles. The zero-order chi connectivity index (χ0) is 15.8. The van der Waals surface area contributed by atoms with Crippen LogP contribution in [0.4, 0.5) is 5.95 Å². The fraction of sp³-hybridized carbons (Fsp3) is 0.316. The third-order valence-electron chi connectivity index (χ3n) is 4.77. The molecule has 0 saturated heterocycles. The lowest BCUT2D eigenvalue weighted by molar-refractivity contribution is 0.0971. The minimum atomic E-state index is 0.166. The summed E-state index contributed by atoms with van der Waals surface area (Å²) in [7, 11) is 0. The Kier molecular flexibility index (Phi) is 3.45. The maximum Gasteiger partial charge on any atom is 0.223 e. The molecule has 4 nitrogen and oxygen atoms in total. The van der Waals surface area contributed by atoms with Crippen molar-refractivity contribution in [3.05, 3.63) is 58.9 Å². The molecule has 4 rings (SSSR count). The van der Waals surface area contributed by atoms with Gasteiger partial charge in [-0.3, -0.25) is 4.79 Å². The van der Waals surface area contributed by atoms with Crippen LogP contribution in [0.5, 0.6) is 0 Å². The topological polar surface area (TPSA) is 54.9 Å². The van der Waals surface area contributed by atoms with Gasteiger partial charge in [0.05, 0.1) is 17.3 Å². The van der Waals surface area contributed by atoms with Gasteiger partial charge in [-0.15, -0.1) is 0 Å². The summed E-state index contributed by atoms with van der Waals surface area (Å²) in [5, 5.41) is 3.45. The summed E-state index contributed by atoms with van der Waals surface area (Å²) in [6.07, 6.45) is 8.02. The molecule has 0 fully saturated rings. The van der Waals surface area contributed by atoms with Gasteiger partial charge in [-0.05, 0) is 48.4 Å². The van der Waals surface area contributed by atoms with Crippen LogP contribution in [-0.4, -0.2) is 15.8 Å². The van der Waals surface area contributed by atoms with Gasteiger partial charge in [0.2, 0.25) is 5.95 Å². The molecule has 0 radical (unpaired) electrons. The largest absolute Gasteiger partial charge is 0.347 e. The molecule has 0 saturated carbocycles. The maximum atomic E-state index is 11.9. The lowest BCUT2D eigenvalue weighted by Crippen LogP contribution is -2.16. The minimum Gasteiger partial charge on any atom is -0.347 e. The molecule has 0 spiro atoms. The van der Waals surface area contributed by atoms with E-state index in [1.54, 1.807) is 6.20 Å². The third kappa shape index (κ3) is 2.54. The second kappa shape index (κ2) is 5.61. The number of carbonyl (C=O) groups is 1. The van der Waals surface area contributed by atoms with E-state index in [2.05, 4.69) is 40.1 Å².